The molecule has 2 aromatic rings. The van der Waals surface area contributed by atoms with E-state index in [1.54, 1.807) is 12.1 Å². The molecule has 5 nitrogen and oxygen atoms in total. The number of rotatable bonds is 3. The van der Waals surface area contributed by atoms with E-state index in [2.05, 4.69) is 4.98 Å². The van der Waals surface area contributed by atoms with Gasteiger partial charge in [0.05, 0.1) is 37.6 Å². The Morgan fingerprint density at radius 2 is 2.06 bits per heavy atom. The Labute approximate surface area is 104 Å². The highest BCUT2D eigenvalue weighted by atomic mass is 16.5. The van der Waals surface area contributed by atoms with E-state index < -0.39 is 0 Å². The number of methoxy groups -OCH3 is 2. The Balaban J connectivity index is 2.79. The number of pyridine rings is 1. The van der Waals surface area contributed by atoms with Gasteiger partial charge in [-0.25, -0.2) is 0 Å². The number of H-pyrrole nitrogens is 1. The molecule has 5 heteroatoms. The van der Waals surface area contributed by atoms with Gasteiger partial charge in [0, 0.05) is 17.8 Å². The molecular weight excluding hydrogens is 232 g/mol. The maximum Gasteiger partial charge on any atom is 0.189 e. The summed E-state index contributed by atoms with van der Waals surface area (Å²) in [5.74, 6) is 1.07. The van der Waals surface area contributed by atoms with Crippen LogP contribution in [0.15, 0.2) is 23.0 Å². The lowest BCUT2D eigenvalue weighted by molar-refractivity contribution is 0.397. The van der Waals surface area contributed by atoms with Gasteiger partial charge < -0.3 is 14.5 Å². The SMILES string of the molecule is COc1cc(OC)c2[nH]c(CC#N)cc(=O)c2c1. The highest BCUT2D eigenvalue weighted by Gasteiger charge is 2.09. The van der Waals surface area contributed by atoms with Crippen molar-refractivity contribution >= 4 is 10.9 Å². The number of nitrogens with zero attached hydrogens (tertiary/aromatic N) is 1. The Kier molecular flexibility index (Phi) is 3.20. The molecule has 0 spiro atoms. The second-order valence-electron chi connectivity index (χ2n) is 3.75. The van der Waals surface area contributed by atoms with Crippen LogP contribution in [-0.2, 0) is 6.42 Å². The van der Waals surface area contributed by atoms with Crippen LogP contribution >= 0.6 is 0 Å². The van der Waals surface area contributed by atoms with E-state index >= 15 is 0 Å². The number of aromatic nitrogens is 1. The van der Waals surface area contributed by atoms with Crippen molar-refractivity contribution in [2.75, 3.05) is 14.2 Å². The van der Waals surface area contributed by atoms with Crippen molar-refractivity contribution in [3.05, 3.63) is 34.1 Å². The van der Waals surface area contributed by atoms with Gasteiger partial charge in [-0.1, -0.05) is 0 Å². The summed E-state index contributed by atoms with van der Waals surface area (Å²) < 4.78 is 10.3. The summed E-state index contributed by atoms with van der Waals surface area (Å²) in [5.41, 5.74) is 0.987. The molecule has 92 valence electrons. The molecular formula is C13H12N2O3. The van der Waals surface area contributed by atoms with Gasteiger partial charge in [0.2, 0.25) is 0 Å². The Bertz CT molecular complexity index is 683. The van der Waals surface area contributed by atoms with E-state index in [9.17, 15) is 4.79 Å². The van der Waals surface area contributed by atoms with Crippen LogP contribution in [0.25, 0.3) is 10.9 Å². The molecule has 0 bridgehead atoms. The smallest absolute Gasteiger partial charge is 0.189 e. The predicted molar refractivity (Wildman–Crippen MR) is 67.0 cm³/mol. The van der Waals surface area contributed by atoms with Crippen molar-refractivity contribution in [2.45, 2.75) is 6.42 Å². The Morgan fingerprint density at radius 3 is 2.67 bits per heavy atom. The van der Waals surface area contributed by atoms with Gasteiger partial charge in [-0.15, -0.1) is 0 Å². The molecule has 1 N–H and O–H groups in total. The second-order valence-corrected chi connectivity index (χ2v) is 3.75. The van der Waals surface area contributed by atoms with E-state index in [1.165, 1.54) is 20.3 Å². The summed E-state index contributed by atoms with van der Waals surface area (Å²) >= 11 is 0. The molecule has 0 aliphatic carbocycles. The lowest BCUT2D eigenvalue weighted by Crippen LogP contribution is -2.06. The zero-order chi connectivity index (χ0) is 13.1. The first-order valence-electron chi connectivity index (χ1n) is 5.34. The number of nitrogens with one attached hydrogen (secondary N) is 1. The molecule has 2 rings (SSSR count). The first-order chi connectivity index (χ1) is 8.69. The van der Waals surface area contributed by atoms with Gasteiger partial charge in [0.25, 0.3) is 0 Å². The van der Waals surface area contributed by atoms with Crippen LogP contribution in [0.5, 0.6) is 11.5 Å². The van der Waals surface area contributed by atoms with Gasteiger partial charge >= 0.3 is 0 Å². The van der Waals surface area contributed by atoms with Gasteiger partial charge in [-0.05, 0) is 6.07 Å². The molecule has 1 aromatic carbocycles. The van der Waals surface area contributed by atoms with Crippen molar-refractivity contribution < 1.29 is 9.47 Å². The molecule has 0 radical (unpaired) electrons. The summed E-state index contributed by atoms with van der Waals surface area (Å²) in [6.45, 7) is 0. The largest absolute Gasteiger partial charge is 0.497 e. The molecule has 0 fully saturated rings. The van der Waals surface area contributed by atoms with Crippen LogP contribution in [0.3, 0.4) is 0 Å². The summed E-state index contributed by atoms with van der Waals surface area (Å²) in [4.78, 5) is 15.0. The maximum atomic E-state index is 12.0. The molecule has 0 saturated carbocycles. The van der Waals surface area contributed by atoms with E-state index in [0.29, 0.717) is 28.1 Å². The minimum absolute atomic E-state index is 0.153. The number of benzene rings is 1. The van der Waals surface area contributed by atoms with Crippen LogP contribution < -0.4 is 14.9 Å². The number of hydrogen-bond acceptors (Lipinski definition) is 4. The quantitative estimate of drug-likeness (QED) is 0.890. The van der Waals surface area contributed by atoms with Gasteiger partial charge in [-0.2, -0.15) is 5.26 Å². The lowest BCUT2D eigenvalue weighted by Gasteiger charge is -2.09. The highest BCUT2D eigenvalue weighted by molar-refractivity contribution is 5.86. The van der Waals surface area contributed by atoms with Gasteiger partial charge in [0.15, 0.2) is 5.43 Å². The zero-order valence-electron chi connectivity index (χ0n) is 10.1. The van der Waals surface area contributed by atoms with E-state index in [0.717, 1.165) is 0 Å². The fourth-order valence-electron chi connectivity index (χ4n) is 1.81. The van der Waals surface area contributed by atoms with Crippen LogP contribution in [0.2, 0.25) is 0 Å². The molecule has 0 aliphatic rings. The van der Waals surface area contributed by atoms with Crippen LogP contribution in [0, 0.1) is 11.3 Å². The van der Waals surface area contributed by atoms with E-state index in [4.69, 9.17) is 14.7 Å². The van der Waals surface area contributed by atoms with Crippen molar-refractivity contribution in [3.8, 4) is 17.6 Å². The Morgan fingerprint density at radius 1 is 1.28 bits per heavy atom. The number of ether oxygens (including phenoxy) is 2. The zero-order valence-corrected chi connectivity index (χ0v) is 10.1. The second kappa shape index (κ2) is 4.80. The average molecular weight is 244 g/mol. The summed E-state index contributed by atoms with van der Waals surface area (Å²) in [7, 11) is 3.04. The number of nitriles is 1. The normalized spacial score (nSPS) is 10.1. The fraction of sp³-hybridized carbons (Fsp3) is 0.231. The fourth-order valence-corrected chi connectivity index (χ4v) is 1.81. The summed E-state index contributed by atoms with van der Waals surface area (Å²) in [6, 6.07) is 6.76. The molecule has 0 saturated heterocycles. The third kappa shape index (κ3) is 2.00. The first-order valence-corrected chi connectivity index (χ1v) is 5.34. The summed E-state index contributed by atoms with van der Waals surface area (Å²) in [5, 5.41) is 9.15. The van der Waals surface area contributed by atoms with Gasteiger partial charge in [0.1, 0.15) is 11.5 Å². The third-order valence-corrected chi connectivity index (χ3v) is 2.66. The van der Waals surface area contributed by atoms with Crippen LogP contribution in [0.1, 0.15) is 5.69 Å². The topological polar surface area (TPSA) is 75.1 Å². The van der Waals surface area contributed by atoms with E-state index in [1.807, 2.05) is 6.07 Å². The molecule has 0 atom stereocenters. The molecule has 0 amide bonds. The maximum absolute atomic E-state index is 12.0. The predicted octanol–water partition coefficient (Wildman–Crippen LogP) is 1.61. The third-order valence-electron chi connectivity index (χ3n) is 2.66. The minimum atomic E-state index is -0.161. The number of aromatic amines is 1. The monoisotopic (exact) mass is 244 g/mol. The van der Waals surface area contributed by atoms with E-state index in [-0.39, 0.29) is 11.8 Å². The standard InChI is InChI=1S/C13H12N2O3/c1-17-9-6-10-11(16)5-8(3-4-14)15-13(10)12(7-9)18-2/h5-7H,3H2,1-2H3,(H,15,16). The summed E-state index contributed by atoms with van der Waals surface area (Å²) in [6.07, 6.45) is 0.153. The number of fused-ring (bicyclic) bond motifs is 1. The highest BCUT2D eigenvalue weighted by Crippen LogP contribution is 2.28. The van der Waals surface area contributed by atoms with Crippen LogP contribution in [-0.4, -0.2) is 19.2 Å². The lowest BCUT2D eigenvalue weighted by atomic mass is 10.1. The molecule has 18 heavy (non-hydrogen) atoms. The molecule has 0 unspecified atom stereocenters. The first kappa shape index (κ1) is 12.0. The van der Waals surface area contributed by atoms with Crippen molar-refractivity contribution in [3.63, 3.8) is 0 Å². The van der Waals surface area contributed by atoms with Crippen molar-refractivity contribution in [1.82, 2.24) is 4.98 Å². The van der Waals surface area contributed by atoms with Gasteiger partial charge in [-0.3, -0.25) is 4.79 Å². The molecule has 1 aromatic heterocycles. The minimum Gasteiger partial charge on any atom is -0.497 e. The number of hydrogen-bond donors (Lipinski definition) is 1. The van der Waals surface area contributed by atoms with Crippen molar-refractivity contribution in [2.24, 2.45) is 0 Å². The Hall–Kier alpha value is -2.48. The molecule has 1 heterocycles. The van der Waals surface area contributed by atoms with Crippen LogP contribution in [0.4, 0.5) is 0 Å². The average Bonchev–Trinajstić information content (AvgIpc) is 2.38. The van der Waals surface area contributed by atoms with Crippen molar-refractivity contribution in [1.29, 1.82) is 5.26 Å². The molecule has 0 aliphatic heterocycles.